The fourth-order valence-electron chi connectivity index (χ4n) is 2.63. The second-order valence-corrected chi connectivity index (χ2v) is 7.91. The number of furan rings is 1. The molecule has 0 spiro atoms. The molecular formula is C20H19FN2O4S. The molecule has 1 heterocycles. The fourth-order valence-corrected chi connectivity index (χ4v) is 3.63. The van der Waals surface area contributed by atoms with E-state index in [1.54, 1.807) is 37.3 Å². The average Bonchev–Trinajstić information content (AvgIpc) is 3.20. The Morgan fingerprint density at radius 1 is 1.07 bits per heavy atom. The molecule has 3 aromatic rings. The van der Waals surface area contributed by atoms with Gasteiger partial charge < -0.3 is 9.73 Å². The van der Waals surface area contributed by atoms with Crippen molar-refractivity contribution in [1.82, 2.24) is 10.0 Å². The molecule has 2 N–H and O–H groups in total. The molecule has 0 unspecified atom stereocenters. The van der Waals surface area contributed by atoms with E-state index in [0.717, 1.165) is 0 Å². The van der Waals surface area contributed by atoms with Crippen LogP contribution in [0.4, 0.5) is 4.39 Å². The summed E-state index contributed by atoms with van der Waals surface area (Å²) in [6, 6.07) is 14.5. The third kappa shape index (κ3) is 4.65. The van der Waals surface area contributed by atoms with Gasteiger partial charge in [-0.05, 0) is 49.4 Å². The topological polar surface area (TPSA) is 88.4 Å². The Morgan fingerprint density at radius 3 is 2.43 bits per heavy atom. The smallest absolute Gasteiger partial charge is 0.251 e. The lowest BCUT2D eigenvalue weighted by molar-refractivity contribution is 0.0939. The van der Waals surface area contributed by atoms with Crippen molar-refractivity contribution in [2.24, 2.45) is 0 Å². The van der Waals surface area contributed by atoms with Crippen molar-refractivity contribution in [3.63, 3.8) is 0 Å². The molecule has 2 aromatic carbocycles. The summed E-state index contributed by atoms with van der Waals surface area (Å²) in [7, 11) is -3.74. The summed E-state index contributed by atoms with van der Waals surface area (Å²) in [4.78, 5) is 12.4. The van der Waals surface area contributed by atoms with E-state index in [1.807, 2.05) is 0 Å². The van der Waals surface area contributed by atoms with Crippen LogP contribution in [0.3, 0.4) is 0 Å². The van der Waals surface area contributed by atoms with Crippen LogP contribution in [0.5, 0.6) is 0 Å². The Kier molecular flexibility index (Phi) is 5.91. The molecule has 28 heavy (non-hydrogen) atoms. The van der Waals surface area contributed by atoms with Gasteiger partial charge in [0.25, 0.3) is 5.91 Å². The van der Waals surface area contributed by atoms with Crippen LogP contribution in [0.15, 0.2) is 76.2 Å². The monoisotopic (exact) mass is 402 g/mol. The van der Waals surface area contributed by atoms with Gasteiger partial charge in [0.2, 0.25) is 10.0 Å². The zero-order chi connectivity index (χ0) is 20.1. The van der Waals surface area contributed by atoms with E-state index in [1.165, 1.54) is 36.6 Å². The summed E-state index contributed by atoms with van der Waals surface area (Å²) in [5.41, 5.74) is 0.644. The van der Waals surface area contributed by atoms with Crippen LogP contribution in [0.1, 0.15) is 34.6 Å². The van der Waals surface area contributed by atoms with Crippen molar-refractivity contribution in [2.45, 2.75) is 24.4 Å². The highest BCUT2D eigenvalue weighted by molar-refractivity contribution is 7.89. The number of carbonyl (C=O) groups is 1. The Labute approximate surface area is 162 Å². The summed E-state index contributed by atoms with van der Waals surface area (Å²) in [5.74, 6) is -0.343. The molecule has 0 aliphatic rings. The number of amides is 1. The molecular weight excluding hydrogens is 383 g/mol. The first kappa shape index (κ1) is 19.8. The zero-order valence-electron chi connectivity index (χ0n) is 15.1. The minimum atomic E-state index is -3.74. The predicted molar refractivity (Wildman–Crippen MR) is 101 cm³/mol. The van der Waals surface area contributed by atoms with E-state index < -0.39 is 27.8 Å². The second-order valence-electron chi connectivity index (χ2n) is 6.14. The number of hydrogen-bond donors (Lipinski definition) is 2. The first-order chi connectivity index (χ1) is 13.4. The maximum atomic E-state index is 13.8. The van der Waals surface area contributed by atoms with E-state index in [0.29, 0.717) is 11.3 Å². The van der Waals surface area contributed by atoms with Crippen LogP contribution in [-0.2, 0) is 16.6 Å². The standard InChI is InChI=1S/C20H19FN2O4S/c1-14(18-6-2-3-7-19(18)21)23-20(24)15-8-10-17(11-9-15)28(25,26)22-13-16-5-4-12-27-16/h2-12,14,22H,13H2,1H3,(H,23,24)/t14-/m0/s1. The predicted octanol–water partition coefficient (Wildman–Crippen LogP) is 3.39. The highest BCUT2D eigenvalue weighted by Crippen LogP contribution is 2.17. The lowest BCUT2D eigenvalue weighted by Gasteiger charge is -2.15. The third-order valence-electron chi connectivity index (χ3n) is 4.16. The Bertz CT molecular complexity index is 1050. The van der Waals surface area contributed by atoms with Crippen LogP contribution < -0.4 is 10.0 Å². The Balaban J connectivity index is 1.66. The summed E-state index contributed by atoms with van der Waals surface area (Å²) in [6.07, 6.45) is 1.46. The number of sulfonamides is 1. The highest BCUT2D eigenvalue weighted by Gasteiger charge is 2.17. The molecule has 6 nitrogen and oxygen atoms in total. The lowest BCUT2D eigenvalue weighted by atomic mass is 10.1. The molecule has 1 amide bonds. The summed E-state index contributed by atoms with van der Waals surface area (Å²) in [6.45, 7) is 1.70. The van der Waals surface area contributed by atoms with Crippen molar-refractivity contribution in [1.29, 1.82) is 0 Å². The molecule has 0 bridgehead atoms. The number of carbonyl (C=O) groups excluding carboxylic acids is 1. The van der Waals surface area contributed by atoms with Crippen LogP contribution in [0, 0.1) is 5.82 Å². The Hall–Kier alpha value is -2.97. The summed E-state index contributed by atoms with van der Waals surface area (Å²) in [5, 5.41) is 2.70. The van der Waals surface area contributed by atoms with Crippen molar-refractivity contribution < 1.29 is 22.0 Å². The molecule has 0 saturated heterocycles. The van der Waals surface area contributed by atoms with Gasteiger partial charge in [-0.3, -0.25) is 4.79 Å². The van der Waals surface area contributed by atoms with E-state index in [2.05, 4.69) is 10.0 Å². The summed E-state index contributed by atoms with van der Waals surface area (Å²) < 4.78 is 46.0. The normalized spacial score (nSPS) is 12.5. The van der Waals surface area contributed by atoms with Gasteiger partial charge in [0.15, 0.2) is 0 Å². The molecule has 8 heteroatoms. The first-order valence-electron chi connectivity index (χ1n) is 8.54. The van der Waals surface area contributed by atoms with Gasteiger partial charge in [-0.1, -0.05) is 18.2 Å². The van der Waals surface area contributed by atoms with Crippen LogP contribution >= 0.6 is 0 Å². The van der Waals surface area contributed by atoms with Gasteiger partial charge in [0.05, 0.1) is 23.7 Å². The molecule has 0 saturated carbocycles. The zero-order valence-corrected chi connectivity index (χ0v) is 15.9. The number of nitrogens with one attached hydrogen (secondary N) is 2. The Morgan fingerprint density at radius 2 is 1.79 bits per heavy atom. The van der Waals surface area contributed by atoms with Crippen LogP contribution in [0.2, 0.25) is 0 Å². The molecule has 1 atom stereocenters. The van der Waals surface area contributed by atoms with Gasteiger partial charge >= 0.3 is 0 Å². The molecule has 0 fully saturated rings. The number of benzene rings is 2. The third-order valence-corrected chi connectivity index (χ3v) is 5.58. The van der Waals surface area contributed by atoms with E-state index in [-0.39, 0.29) is 17.0 Å². The summed E-state index contributed by atoms with van der Waals surface area (Å²) >= 11 is 0. The maximum absolute atomic E-state index is 13.8. The minimum Gasteiger partial charge on any atom is -0.468 e. The van der Waals surface area contributed by atoms with Crippen LogP contribution in [0.25, 0.3) is 0 Å². The lowest BCUT2D eigenvalue weighted by Crippen LogP contribution is -2.27. The first-order valence-corrected chi connectivity index (χ1v) is 10.0. The SMILES string of the molecule is C[C@H](NC(=O)c1ccc(S(=O)(=O)NCc2ccco2)cc1)c1ccccc1F. The van der Waals surface area contributed by atoms with Gasteiger partial charge in [-0.2, -0.15) is 0 Å². The van der Waals surface area contributed by atoms with E-state index >= 15 is 0 Å². The van der Waals surface area contributed by atoms with Crippen molar-refractivity contribution >= 4 is 15.9 Å². The number of rotatable bonds is 7. The molecule has 0 radical (unpaired) electrons. The van der Waals surface area contributed by atoms with E-state index in [4.69, 9.17) is 4.42 Å². The largest absolute Gasteiger partial charge is 0.468 e. The van der Waals surface area contributed by atoms with Crippen LogP contribution in [-0.4, -0.2) is 14.3 Å². The molecule has 0 aliphatic heterocycles. The second kappa shape index (κ2) is 8.37. The number of halogens is 1. The van der Waals surface area contributed by atoms with E-state index in [9.17, 15) is 17.6 Å². The number of hydrogen-bond acceptors (Lipinski definition) is 4. The van der Waals surface area contributed by atoms with Crippen molar-refractivity contribution in [2.75, 3.05) is 0 Å². The highest BCUT2D eigenvalue weighted by atomic mass is 32.2. The van der Waals surface area contributed by atoms with Crippen molar-refractivity contribution in [3.8, 4) is 0 Å². The van der Waals surface area contributed by atoms with Gasteiger partial charge in [-0.25, -0.2) is 17.5 Å². The van der Waals surface area contributed by atoms with Crippen molar-refractivity contribution in [3.05, 3.63) is 89.6 Å². The quantitative estimate of drug-likeness (QED) is 0.634. The van der Waals surface area contributed by atoms with Gasteiger partial charge in [0.1, 0.15) is 11.6 Å². The fraction of sp³-hybridized carbons (Fsp3) is 0.150. The maximum Gasteiger partial charge on any atom is 0.251 e. The minimum absolute atomic E-state index is 0.0255. The molecule has 0 aliphatic carbocycles. The average molecular weight is 402 g/mol. The van der Waals surface area contributed by atoms with Gasteiger partial charge in [0, 0.05) is 11.1 Å². The molecule has 146 valence electrons. The molecule has 3 rings (SSSR count). The van der Waals surface area contributed by atoms with Gasteiger partial charge in [-0.15, -0.1) is 0 Å². The molecule has 1 aromatic heterocycles.